The van der Waals surface area contributed by atoms with Crippen LogP contribution in [0.15, 0.2) is 42.5 Å². The van der Waals surface area contributed by atoms with Crippen LogP contribution in [0.5, 0.6) is 0 Å². The molecule has 2 aliphatic heterocycles. The van der Waals surface area contributed by atoms with Crippen LogP contribution < -0.4 is 20.4 Å². The number of carbonyl (C=O) groups excluding carboxylic acids is 2. The molecule has 2 N–H and O–H groups in total. The van der Waals surface area contributed by atoms with Gasteiger partial charge in [0.05, 0.1) is 16.2 Å². The minimum absolute atomic E-state index is 0.110. The van der Waals surface area contributed by atoms with E-state index in [1.807, 2.05) is 36.1 Å². The van der Waals surface area contributed by atoms with Crippen LogP contribution in [0.1, 0.15) is 36.5 Å². The highest BCUT2D eigenvalue weighted by atomic mass is 32.1. The Balaban J connectivity index is 1.37. The number of rotatable bonds is 6. The SMILES string of the molecule is CCC(=O)N1CCN(c2ccc(NC(=S)NC(=O)c3cc([N+](=O)[O-])ccc3N3CCCC3)cc2)CC1. The van der Waals surface area contributed by atoms with E-state index in [9.17, 15) is 19.7 Å². The highest BCUT2D eigenvalue weighted by Crippen LogP contribution is 2.28. The summed E-state index contributed by atoms with van der Waals surface area (Å²) in [5.74, 6) is -0.309. The summed E-state index contributed by atoms with van der Waals surface area (Å²) in [5.41, 5.74) is 2.51. The van der Waals surface area contributed by atoms with Gasteiger partial charge in [0.25, 0.3) is 11.6 Å². The second-order valence-corrected chi connectivity index (χ2v) is 9.24. The Bertz CT molecular complexity index is 1140. The number of nitrogens with one attached hydrogen (secondary N) is 2. The Morgan fingerprint density at radius 1 is 0.972 bits per heavy atom. The number of anilines is 3. The number of benzene rings is 2. The van der Waals surface area contributed by atoms with E-state index < -0.39 is 10.8 Å². The molecule has 2 heterocycles. The summed E-state index contributed by atoms with van der Waals surface area (Å²) in [4.78, 5) is 41.9. The number of non-ortho nitro benzene ring substituents is 1. The average Bonchev–Trinajstić information content (AvgIpc) is 3.43. The average molecular weight is 511 g/mol. The number of nitrogens with zero attached hydrogens (tertiary/aromatic N) is 4. The molecule has 0 saturated carbocycles. The van der Waals surface area contributed by atoms with E-state index in [0.29, 0.717) is 30.9 Å². The number of hydrogen-bond acceptors (Lipinski definition) is 7. The smallest absolute Gasteiger partial charge is 0.270 e. The number of amides is 2. The Labute approximate surface area is 215 Å². The molecule has 0 aromatic heterocycles. The summed E-state index contributed by atoms with van der Waals surface area (Å²) in [6, 6.07) is 12.0. The van der Waals surface area contributed by atoms with E-state index in [1.54, 1.807) is 6.07 Å². The lowest BCUT2D eigenvalue weighted by atomic mass is 10.1. The summed E-state index contributed by atoms with van der Waals surface area (Å²) < 4.78 is 0. The molecule has 2 saturated heterocycles. The number of carbonyl (C=O) groups is 2. The van der Waals surface area contributed by atoms with Gasteiger partial charge in [-0.15, -0.1) is 0 Å². The summed E-state index contributed by atoms with van der Waals surface area (Å²) in [6.45, 7) is 6.45. The fourth-order valence-electron chi connectivity index (χ4n) is 4.58. The predicted molar refractivity (Wildman–Crippen MR) is 144 cm³/mol. The first kappa shape index (κ1) is 25.4. The van der Waals surface area contributed by atoms with Gasteiger partial charge in [0, 0.05) is 69.2 Å². The van der Waals surface area contributed by atoms with Gasteiger partial charge in [-0.1, -0.05) is 6.92 Å². The van der Waals surface area contributed by atoms with E-state index in [4.69, 9.17) is 12.2 Å². The van der Waals surface area contributed by atoms with Gasteiger partial charge in [-0.2, -0.15) is 0 Å². The van der Waals surface area contributed by atoms with Crippen molar-refractivity contribution in [3.8, 4) is 0 Å². The van der Waals surface area contributed by atoms with Crippen LogP contribution in [-0.4, -0.2) is 66.0 Å². The minimum atomic E-state index is -0.510. The largest absolute Gasteiger partial charge is 0.371 e. The second kappa shape index (κ2) is 11.3. The lowest BCUT2D eigenvalue weighted by Gasteiger charge is -2.36. The molecule has 11 heteroatoms. The second-order valence-electron chi connectivity index (χ2n) is 8.83. The number of nitro groups is 1. The Morgan fingerprint density at radius 3 is 2.25 bits per heavy atom. The summed E-state index contributed by atoms with van der Waals surface area (Å²) >= 11 is 5.34. The maximum Gasteiger partial charge on any atom is 0.270 e. The van der Waals surface area contributed by atoms with Gasteiger partial charge in [0.15, 0.2) is 5.11 Å². The van der Waals surface area contributed by atoms with Crippen molar-refractivity contribution in [1.29, 1.82) is 0 Å². The van der Waals surface area contributed by atoms with Gasteiger partial charge in [0.2, 0.25) is 5.91 Å². The molecule has 2 aliphatic rings. The topological polar surface area (TPSA) is 111 Å². The van der Waals surface area contributed by atoms with Crippen molar-refractivity contribution in [1.82, 2.24) is 10.2 Å². The summed E-state index contributed by atoms with van der Waals surface area (Å²) in [5, 5.41) is 17.1. The van der Waals surface area contributed by atoms with Crippen molar-refractivity contribution in [3.63, 3.8) is 0 Å². The summed E-state index contributed by atoms with van der Waals surface area (Å²) in [6.07, 6.45) is 2.55. The van der Waals surface area contributed by atoms with E-state index in [-0.39, 0.29) is 22.3 Å². The number of hydrogen-bond donors (Lipinski definition) is 2. The molecule has 0 bridgehead atoms. The Kier molecular flexibility index (Phi) is 7.99. The van der Waals surface area contributed by atoms with Crippen LogP contribution in [0.2, 0.25) is 0 Å². The fraction of sp³-hybridized carbons (Fsp3) is 0.400. The standard InChI is InChI=1S/C25H30N6O4S/c1-2-23(32)30-15-13-28(14-16-30)19-7-5-18(6-8-19)26-25(36)27-24(33)21-17-20(31(34)35)9-10-22(21)29-11-3-4-12-29/h5-10,17H,2-4,11-16H2,1H3,(H2,26,27,33,36). The van der Waals surface area contributed by atoms with Crippen molar-refractivity contribution in [3.05, 3.63) is 58.1 Å². The molecule has 2 amide bonds. The molecule has 0 atom stereocenters. The highest BCUT2D eigenvalue weighted by molar-refractivity contribution is 7.80. The first-order valence-corrected chi connectivity index (χ1v) is 12.5. The van der Waals surface area contributed by atoms with Crippen molar-refractivity contribution < 1.29 is 14.5 Å². The molecule has 0 spiro atoms. The zero-order valence-corrected chi connectivity index (χ0v) is 21.1. The molecule has 36 heavy (non-hydrogen) atoms. The maximum absolute atomic E-state index is 13.0. The predicted octanol–water partition coefficient (Wildman–Crippen LogP) is 3.38. The molecule has 2 aromatic rings. The number of piperazine rings is 1. The molecule has 2 aromatic carbocycles. The quantitative estimate of drug-likeness (QED) is 0.346. The van der Waals surface area contributed by atoms with Gasteiger partial charge in [-0.25, -0.2) is 0 Å². The van der Waals surface area contributed by atoms with Gasteiger partial charge >= 0.3 is 0 Å². The molecule has 0 radical (unpaired) electrons. The minimum Gasteiger partial charge on any atom is -0.371 e. The van der Waals surface area contributed by atoms with Crippen LogP contribution in [0.25, 0.3) is 0 Å². The van der Waals surface area contributed by atoms with Crippen LogP contribution in [-0.2, 0) is 4.79 Å². The van der Waals surface area contributed by atoms with Crippen LogP contribution in [0, 0.1) is 10.1 Å². The third kappa shape index (κ3) is 5.91. The Hall–Kier alpha value is -3.73. The van der Waals surface area contributed by atoms with Crippen molar-refractivity contribution in [2.75, 3.05) is 54.4 Å². The zero-order valence-electron chi connectivity index (χ0n) is 20.2. The van der Waals surface area contributed by atoms with E-state index in [1.165, 1.54) is 12.1 Å². The normalized spacial score (nSPS) is 15.5. The maximum atomic E-state index is 13.0. The lowest BCUT2D eigenvalue weighted by molar-refractivity contribution is -0.384. The number of thiocarbonyl (C=S) groups is 1. The van der Waals surface area contributed by atoms with Gasteiger partial charge < -0.3 is 20.0 Å². The van der Waals surface area contributed by atoms with Gasteiger partial charge in [-0.3, -0.25) is 25.0 Å². The van der Waals surface area contributed by atoms with E-state index in [2.05, 4.69) is 20.4 Å². The molecule has 0 unspecified atom stereocenters. The zero-order chi connectivity index (χ0) is 25.7. The molecule has 0 aliphatic carbocycles. The monoisotopic (exact) mass is 510 g/mol. The van der Waals surface area contributed by atoms with E-state index >= 15 is 0 Å². The van der Waals surface area contributed by atoms with Crippen molar-refractivity contribution in [2.45, 2.75) is 26.2 Å². The molecule has 2 fully saturated rings. The first-order chi connectivity index (χ1) is 17.4. The van der Waals surface area contributed by atoms with Crippen molar-refractivity contribution >= 4 is 51.9 Å². The van der Waals surface area contributed by atoms with Crippen LogP contribution in [0.3, 0.4) is 0 Å². The lowest BCUT2D eigenvalue weighted by Crippen LogP contribution is -2.48. The fourth-order valence-corrected chi connectivity index (χ4v) is 4.79. The third-order valence-corrected chi connectivity index (χ3v) is 6.74. The first-order valence-electron chi connectivity index (χ1n) is 12.1. The number of nitro benzene ring substituents is 1. The Morgan fingerprint density at radius 2 is 1.64 bits per heavy atom. The summed E-state index contributed by atoms with van der Waals surface area (Å²) in [7, 11) is 0. The highest BCUT2D eigenvalue weighted by Gasteiger charge is 2.23. The molecular weight excluding hydrogens is 480 g/mol. The van der Waals surface area contributed by atoms with Gasteiger partial charge in [0.1, 0.15) is 0 Å². The van der Waals surface area contributed by atoms with Crippen LogP contribution >= 0.6 is 12.2 Å². The van der Waals surface area contributed by atoms with Crippen molar-refractivity contribution in [2.24, 2.45) is 0 Å². The third-order valence-electron chi connectivity index (χ3n) is 6.53. The van der Waals surface area contributed by atoms with E-state index in [0.717, 1.165) is 44.7 Å². The van der Waals surface area contributed by atoms with Gasteiger partial charge in [-0.05, 0) is 55.4 Å². The molecule has 190 valence electrons. The van der Waals surface area contributed by atoms with Crippen LogP contribution in [0.4, 0.5) is 22.7 Å². The molecular formula is C25H30N6O4S. The molecule has 4 rings (SSSR count). The molecule has 10 nitrogen and oxygen atoms in total.